The zero-order valence-corrected chi connectivity index (χ0v) is 18.2. The van der Waals surface area contributed by atoms with Crippen LogP contribution in [0.15, 0.2) is 48.5 Å². The molecule has 0 radical (unpaired) electrons. The third kappa shape index (κ3) is 6.09. The molecule has 0 aromatic heterocycles. The number of carbonyl (C=O) groups excluding carboxylic acids is 2. The minimum absolute atomic E-state index is 0. The van der Waals surface area contributed by atoms with E-state index in [9.17, 15) is 9.59 Å². The van der Waals surface area contributed by atoms with Crippen molar-refractivity contribution in [3.8, 4) is 0 Å². The summed E-state index contributed by atoms with van der Waals surface area (Å²) < 4.78 is 1.84. The largest absolute Gasteiger partial charge is 0.294 e. The van der Waals surface area contributed by atoms with E-state index < -0.39 is 11.4 Å². The van der Waals surface area contributed by atoms with Gasteiger partial charge in [-0.15, -0.1) is 16.9 Å². The summed E-state index contributed by atoms with van der Waals surface area (Å²) in [6.45, 7) is 5.38. The van der Waals surface area contributed by atoms with E-state index in [2.05, 4.69) is 0 Å². The van der Waals surface area contributed by atoms with Crippen LogP contribution in [-0.2, 0) is 0 Å². The third-order valence-electron chi connectivity index (χ3n) is 3.88. The summed E-state index contributed by atoms with van der Waals surface area (Å²) in [6, 6.07) is 13.6. The Labute approximate surface area is 180 Å². The maximum atomic E-state index is 12.5. The van der Waals surface area contributed by atoms with Crippen LogP contribution < -0.4 is 0 Å². The number of halogens is 4. The Hall–Kier alpha value is -1.30. The fraction of sp³-hybridized carbons (Fsp3) is 0.263. The van der Waals surface area contributed by atoms with Gasteiger partial charge in [0.2, 0.25) is 0 Å². The van der Waals surface area contributed by atoms with Crippen molar-refractivity contribution >= 4 is 59.3 Å². The zero-order chi connectivity index (χ0) is 19.5. The van der Waals surface area contributed by atoms with Crippen molar-refractivity contribution in [3.63, 3.8) is 0 Å². The fourth-order valence-corrected chi connectivity index (χ4v) is 2.87. The molecule has 1 amide bonds. The molecule has 0 aliphatic carbocycles. The second-order valence-corrected chi connectivity index (χ2v) is 7.69. The van der Waals surface area contributed by atoms with Crippen LogP contribution >= 0.6 is 47.6 Å². The molecule has 0 unspecified atom stereocenters. The lowest BCUT2D eigenvalue weighted by Gasteiger charge is -2.35. The molecule has 2 rings (SSSR count). The number of carbonyl (C=O) groups is 2. The Morgan fingerprint density at radius 3 is 1.93 bits per heavy atom. The van der Waals surface area contributed by atoms with Crippen molar-refractivity contribution in [2.75, 3.05) is 0 Å². The molecule has 0 bridgehead atoms. The Bertz CT molecular complexity index is 792. The zero-order valence-electron chi connectivity index (χ0n) is 15.1. The van der Waals surface area contributed by atoms with Crippen molar-refractivity contribution in [2.24, 2.45) is 0 Å². The van der Waals surface area contributed by atoms with Gasteiger partial charge in [-0.3, -0.25) is 9.59 Å². The van der Waals surface area contributed by atoms with E-state index in [0.29, 0.717) is 16.1 Å². The molecule has 0 atom stereocenters. The lowest BCUT2D eigenvalue weighted by atomic mass is 9.95. The molecule has 0 saturated carbocycles. The average Bonchev–Trinajstić information content (AvgIpc) is 2.60. The first-order valence-electron chi connectivity index (χ1n) is 7.93. The van der Waals surface area contributed by atoms with Gasteiger partial charge >= 0.3 is 0 Å². The topological polar surface area (TPSA) is 40.6 Å². The highest BCUT2D eigenvalue weighted by Crippen LogP contribution is 2.28. The molecule has 0 heterocycles. The van der Waals surface area contributed by atoms with Crippen LogP contribution in [0.25, 0.3) is 0 Å². The molecule has 0 saturated heterocycles. The monoisotopic (exact) mass is 448 g/mol. The summed E-state index contributed by atoms with van der Waals surface area (Å²) in [5.41, 5.74) is 1.04. The minimum Gasteiger partial charge on any atom is -0.294 e. The molecule has 0 aliphatic heterocycles. The fourth-order valence-electron chi connectivity index (χ4n) is 2.32. The van der Waals surface area contributed by atoms with Crippen LogP contribution in [0, 0.1) is 6.92 Å². The average molecular weight is 450 g/mol. The Balaban J connectivity index is 0.00000364. The first-order valence-corrected chi connectivity index (χ1v) is 8.99. The van der Waals surface area contributed by atoms with Crippen LogP contribution in [0.3, 0.4) is 0 Å². The maximum absolute atomic E-state index is 12.5. The van der Waals surface area contributed by atoms with Crippen LogP contribution in [-0.4, -0.2) is 26.3 Å². The summed E-state index contributed by atoms with van der Waals surface area (Å²) >= 11 is 18.3. The lowest BCUT2D eigenvalue weighted by molar-refractivity contribution is 0.0374. The van der Waals surface area contributed by atoms with Crippen LogP contribution in [0.5, 0.6) is 0 Å². The predicted octanol–water partition coefficient (Wildman–Crippen LogP) is 6.09. The number of aryl methyl sites for hydroxylation is 1. The standard InChI is InChI=1S/C19H19Cl3N2O2.ClH/c1-13-4-6-15(7-5-13)18(26)23(21)24(22)19(2,3)12-17(25)14-8-10-16(20)11-9-14;/h4-11H,12H2,1-3H3;1H. The molecular weight excluding hydrogens is 430 g/mol. The van der Waals surface area contributed by atoms with Crippen molar-refractivity contribution in [1.82, 2.24) is 9.06 Å². The van der Waals surface area contributed by atoms with Crippen molar-refractivity contribution in [2.45, 2.75) is 32.7 Å². The maximum Gasteiger partial charge on any atom is 0.284 e. The van der Waals surface area contributed by atoms with Crippen molar-refractivity contribution in [1.29, 1.82) is 0 Å². The van der Waals surface area contributed by atoms with Gasteiger partial charge in [0.25, 0.3) is 5.91 Å². The van der Waals surface area contributed by atoms with Crippen molar-refractivity contribution in [3.05, 3.63) is 70.2 Å². The smallest absolute Gasteiger partial charge is 0.284 e. The summed E-state index contributed by atoms with van der Waals surface area (Å²) in [5.74, 6) is -0.612. The highest BCUT2D eigenvalue weighted by atomic mass is 35.5. The van der Waals surface area contributed by atoms with E-state index in [-0.39, 0.29) is 24.6 Å². The van der Waals surface area contributed by atoms with Gasteiger partial charge < -0.3 is 0 Å². The first-order chi connectivity index (χ1) is 12.1. The van der Waals surface area contributed by atoms with Gasteiger partial charge in [-0.25, -0.2) is 0 Å². The van der Waals surface area contributed by atoms with E-state index >= 15 is 0 Å². The van der Waals surface area contributed by atoms with Gasteiger partial charge in [-0.2, -0.15) is 4.53 Å². The van der Waals surface area contributed by atoms with E-state index in [1.54, 1.807) is 50.2 Å². The van der Waals surface area contributed by atoms with Gasteiger partial charge in [0, 0.05) is 46.1 Å². The number of ketones is 1. The Morgan fingerprint density at radius 2 is 1.41 bits per heavy atom. The molecule has 146 valence electrons. The Morgan fingerprint density at radius 1 is 0.926 bits per heavy atom. The summed E-state index contributed by atoms with van der Waals surface area (Å²) in [7, 11) is 0. The summed E-state index contributed by atoms with van der Waals surface area (Å²) in [6.07, 6.45) is 0.0581. The molecular formula is C19H20Cl4N2O2. The highest BCUT2D eigenvalue weighted by molar-refractivity contribution is 6.30. The first kappa shape index (κ1) is 23.7. The summed E-state index contributed by atoms with van der Waals surface area (Å²) in [5, 5.41) is 0.551. The lowest BCUT2D eigenvalue weighted by Crippen LogP contribution is -2.48. The molecule has 4 nitrogen and oxygen atoms in total. The minimum atomic E-state index is -0.902. The third-order valence-corrected chi connectivity index (χ3v) is 5.12. The Kier molecular flexibility index (Phi) is 8.58. The molecule has 8 heteroatoms. The number of hydrogen-bond acceptors (Lipinski definition) is 3. The van der Waals surface area contributed by atoms with Gasteiger partial charge in [-0.05, 0) is 57.2 Å². The molecule has 2 aromatic carbocycles. The van der Waals surface area contributed by atoms with Gasteiger partial charge in [0.1, 0.15) is 0 Å². The molecule has 2 aromatic rings. The number of benzene rings is 2. The summed E-state index contributed by atoms with van der Waals surface area (Å²) in [4.78, 5) is 25.0. The van der Waals surface area contributed by atoms with Gasteiger partial charge in [-0.1, -0.05) is 29.3 Å². The number of hydrogen-bond donors (Lipinski definition) is 0. The van der Waals surface area contributed by atoms with E-state index in [1.165, 1.54) is 0 Å². The van der Waals surface area contributed by atoms with E-state index in [4.69, 9.17) is 35.2 Å². The van der Waals surface area contributed by atoms with Crippen LogP contribution in [0.2, 0.25) is 5.02 Å². The van der Waals surface area contributed by atoms with E-state index in [1.807, 2.05) is 19.1 Å². The number of hydrazine groups is 1. The predicted molar refractivity (Wildman–Crippen MR) is 113 cm³/mol. The van der Waals surface area contributed by atoms with E-state index in [0.717, 1.165) is 14.6 Å². The SMILES string of the molecule is Cc1ccc(C(=O)N(Cl)N(Cl)C(C)(C)CC(=O)c2ccc(Cl)cc2)cc1.Cl. The number of nitrogens with zero attached hydrogens (tertiary/aromatic N) is 2. The highest BCUT2D eigenvalue weighted by Gasteiger charge is 2.35. The normalized spacial score (nSPS) is 11.1. The molecule has 0 aliphatic rings. The quantitative estimate of drug-likeness (QED) is 0.304. The molecule has 0 fully saturated rings. The second kappa shape index (κ2) is 9.76. The van der Waals surface area contributed by atoms with Gasteiger partial charge in [0.05, 0.1) is 5.54 Å². The number of rotatable bonds is 6. The second-order valence-electron chi connectivity index (χ2n) is 6.61. The molecule has 0 spiro atoms. The van der Waals surface area contributed by atoms with Crippen LogP contribution in [0.4, 0.5) is 0 Å². The number of Topliss-reactive ketones (excluding diaryl/α,β-unsaturated/α-hetero) is 1. The molecule has 27 heavy (non-hydrogen) atoms. The molecule has 0 N–H and O–H groups in total. The van der Waals surface area contributed by atoms with Crippen LogP contribution in [0.1, 0.15) is 46.5 Å². The van der Waals surface area contributed by atoms with Crippen molar-refractivity contribution < 1.29 is 9.59 Å². The van der Waals surface area contributed by atoms with Gasteiger partial charge in [0.15, 0.2) is 5.78 Å². The number of amides is 1.